The molecule has 28 heavy (non-hydrogen) atoms. The number of rotatable bonds is 2. The second kappa shape index (κ2) is 6.84. The average Bonchev–Trinajstić information content (AvgIpc) is 3.10. The molecule has 1 saturated heterocycles. The maximum Gasteiger partial charge on any atom is 0.272 e. The van der Waals surface area contributed by atoms with Crippen molar-refractivity contribution in [1.82, 2.24) is 24.5 Å². The van der Waals surface area contributed by atoms with Gasteiger partial charge >= 0.3 is 0 Å². The first-order chi connectivity index (χ1) is 13.7. The third-order valence-corrected chi connectivity index (χ3v) is 5.46. The topological polar surface area (TPSA) is 63.4 Å². The van der Waals surface area contributed by atoms with Gasteiger partial charge in [-0.3, -0.25) is 4.79 Å². The first kappa shape index (κ1) is 17.6. The van der Waals surface area contributed by atoms with Crippen molar-refractivity contribution in [2.75, 3.05) is 6.54 Å². The molecule has 0 spiro atoms. The Balaban J connectivity index is 1.79. The van der Waals surface area contributed by atoms with E-state index in [1.807, 2.05) is 0 Å². The molecule has 0 radical (unpaired) electrons. The summed E-state index contributed by atoms with van der Waals surface area (Å²) in [5.74, 6) is -4.47. The van der Waals surface area contributed by atoms with Crippen LogP contribution >= 0.6 is 15.9 Å². The lowest BCUT2D eigenvalue weighted by Gasteiger charge is -2.43. The van der Waals surface area contributed by atoms with Crippen molar-refractivity contribution in [3.05, 3.63) is 57.8 Å². The zero-order valence-corrected chi connectivity index (χ0v) is 16.2. The van der Waals surface area contributed by atoms with E-state index in [-0.39, 0.29) is 22.4 Å². The van der Waals surface area contributed by atoms with E-state index in [2.05, 4.69) is 31.0 Å². The first-order valence-corrected chi connectivity index (χ1v) is 9.24. The molecule has 0 bridgehead atoms. The second-order valence-electron chi connectivity index (χ2n) is 6.78. The third-order valence-electron chi connectivity index (χ3n) is 4.85. The number of carbonyl (C=O) groups is 1. The van der Waals surface area contributed by atoms with Crippen molar-refractivity contribution >= 4 is 28.1 Å². The largest absolute Gasteiger partial charge is 0.331 e. The predicted octanol–water partition coefficient (Wildman–Crippen LogP) is 3.66. The summed E-state index contributed by atoms with van der Waals surface area (Å²) in [4.78, 5) is 21.0. The summed E-state index contributed by atoms with van der Waals surface area (Å²) in [5, 5.41) is 4.05. The average molecular weight is 455 g/mol. The summed E-state index contributed by atoms with van der Waals surface area (Å²) in [6.07, 6.45) is -0.534. The highest BCUT2D eigenvalue weighted by atomic mass is 79.9. The molecule has 4 rings (SSSR count). The van der Waals surface area contributed by atoms with Gasteiger partial charge in [0.05, 0.1) is 10.2 Å². The number of fused-ring (bicyclic) bond motifs is 1. The number of halogens is 4. The van der Waals surface area contributed by atoms with Gasteiger partial charge < -0.3 is 4.90 Å². The van der Waals surface area contributed by atoms with E-state index in [4.69, 9.17) is 1.37 Å². The van der Waals surface area contributed by atoms with Crippen LogP contribution in [0.5, 0.6) is 0 Å². The number of hydrogen-bond donors (Lipinski definition) is 0. The van der Waals surface area contributed by atoms with Gasteiger partial charge in [0.15, 0.2) is 0 Å². The Morgan fingerprint density at radius 3 is 2.89 bits per heavy atom. The number of nitrogens with zero attached hydrogens (tertiary/aromatic N) is 5. The Labute approximate surface area is 167 Å². The smallest absolute Gasteiger partial charge is 0.272 e. The highest BCUT2D eigenvalue weighted by Crippen LogP contribution is 2.47. The number of likely N-dealkylation sites (tertiary alicyclic amines) is 1. The number of hydrogen-bond acceptors (Lipinski definition) is 4. The van der Waals surface area contributed by atoms with Gasteiger partial charge in [0.2, 0.25) is 6.39 Å². The van der Waals surface area contributed by atoms with Gasteiger partial charge in [0.25, 0.3) is 11.7 Å². The predicted molar refractivity (Wildman–Crippen MR) is 97.4 cm³/mol. The van der Waals surface area contributed by atoms with Gasteiger partial charge in [0, 0.05) is 24.6 Å². The standard InChI is InChI=1S/C18H15BrF3N5O/c1-10-4-15(27-17(25-10)23-8-24-27)12-6-18(21,22)16(26(7-12)9-28)11-2-3-14(20)13(19)5-11/h2-5,8-9,12,16H,6-7H2,1H3/i9D. The minimum atomic E-state index is -3.36. The van der Waals surface area contributed by atoms with Crippen molar-refractivity contribution in [2.45, 2.75) is 31.2 Å². The lowest BCUT2D eigenvalue weighted by Crippen LogP contribution is -2.48. The molecule has 3 aromatic rings. The highest BCUT2D eigenvalue weighted by Gasteiger charge is 2.50. The number of aryl methyl sites for hydroxylation is 1. The third kappa shape index (κ3) is 3.15. The van der Waals surface area contributed by atoms with E-state index in [9.17, 15) is 9.18 Å². The maximum atomic E-state index is 15.3. The maximum absolute atomic E-state index is 15.3. The van der Waals surface area contributed by atoms with Crippen LogP contribution in [0, 0.1) is 12.7 Å². The van der Waals surface area contributed by atoms with Crippen LogP contribution in [0.2, 0.25) is 0 Å². The Morgan fingerprint density at radius 1 is 1.39 bits per heavy atom. The van der Waals surface area contributed by atoms with Crippen molar-refractivity contribution in [1.29, 1.82) is 0 Å². The molecule has 1 aromatic carbocycles. The molecule has 0 aliphatic carbocycles. The minimum absolute atomic E-state index is 0.0133. The fraction of sp³-hybridized carbons (Fsp3) is 0.333. The fourth-order valence-electron chi connectivity index (χ4n) is 3.72. The number of piperidine rings is 1. The number of alkyl halides is 2. The van der Waals surface area contributed by atoms with Crippen molar-refractivity contribution < 1.29 is 19.3 Å². The Kier molecular flexibility index (Phi) is 4.30. The summed E-state index contributed by atoms with van der Waals surface area (Å²) in [5.41, 5.74) is 1.07. The number of aromatic nitrogens is 4. The van der Waals surface area contributed by atoms with Gasteiger partial charge in [-0.1, -0.05) is 6.07 Å². The van der Waals surface area contributed by atoms with Crippen LogP contribution in [-0.4, -0.2) is 43.3 Å². The lowest BCUT2D eigenvalue weighted by molar-refractivity contribution is -0.147. The molecule has 0 N–H and O–H groups in total. The molecular formula is C18H15BrF3N5O. The molecule has 1 aliphatic heterocycles. The monoisotopic (exact) mass is 454 g/mol. The van der Waals surface area contributed by atoms with E-state index >= 15 is 8.78 Å². The van der Waals surface area contributed by atoms with E-state index in [1.165, 1.54) is 23.0 Å². The Bertz CT molecular complexity index is 1110. The molecule has 6 nitrogen and oxygen atoms in total. The van der Waals surface area contributed by atoms with Crippen LogP contribution in [0.15, 0.2) is 35.1 Å². The van der Waals surface area contributed by atoms with Crippen LogP contribution < -0.4 is 0 Å². The number of amides is 1. The quantitative estimate of drug-likeness (QED) is 0.554. The van der Waals surface area contributed by atoms with E-state index in [1.54, 1.807) is 13.0 Å². The molecule has 146 valence electrons. The van der Waals surface area contributed by atoms with Crippen molar-refractivity contribution in [3.8, 4) is 0 Å². The summed E-state index contributed by atoms with van der Waals surface area (Å²) >= 11 is 2.99. The Hall–Kier alpha value is -2.49. The molecule has 3 heterocycles. The number of carbonyl (C=O) groups excluding carboxylic acids is 1. The fourth-order valence-corrected chi connectivity index (χ4v) is 4.12. The van der Waals surface area contributed by atoms with Crippen LogP contribution in [0.3, 0.4) is 0 Å². The zero-order chi connectivity index (χ0) is 20.9. The first-order valence-electron chi connectivity index (χ1n) is 8.94. The molecule has 1 amide bonds. The Morgan fingerprint density at radius 2 is 2.18 bits per heavy atom. The molecule has 2 atom stereocenters. The van der Waals surface area contributed by atoms with Crippen LogP contribution in [0.25, 0.3) is 5.78 Å². The van der Waals surface area contributed by atoms with Crippen molar-refractivity contribution in [2.24, 2.45) is 0 Å². The SMILES string of the molecule is [2H]C(=O)N1CC(c2cc(C)nc3ncnn23)CC(F)(F)C1c1ccc(F)c(Br)c1. The van der Waals surface area contributed by atoms with Crippen LogP contribution in [-0.2, 0) is 4.79 Å². The molecule has 2 unspecified atom stereocenters. The summed E-state index contributed by atoms with van der Waals surface area (Å²) < 4.78 is 53.2. The summed E-state index contributed by atoms with van der Waals surface area (Å²) in [6, 6.07) is 3.44. The van der Waals surface area contributed by atoms with Gasteiger partial charge in [-0.05, 0) is 46.6 Å². The molecule has 10 heteroatoms. The summed E-state index contributed by atoms with van der Waals surface area (Å²) in [6.45, 7) is 1.60. The second-order valence-corrected chi connectivity index (χ2v) is 7.63. The van der Waals surface area contributed by atoms with Crippen molar-refractivity contribution in [3.63, 3.8) is 0 Å². The van der Waals surface area contributed by atoms with Gasteiger partial charge in [-0.2, -0.15) is 10.1 Å². The van der Waals surface area contributed by atoms with Crippen LogP contribution in [0.4, 0.5) is 13.2 Å². The van der Waals surface area contributed by atoms with E-state index < -0.39 is 36.5 Å². The van der Waals surface area contributed by atoms with Gasteiger partial charge in [-0.25, -0.2) is 22.7 Å². The zero-order valence-electron chi connectivity index (χ0n) is 15.6. The van der Waals surface area contributed by atoms with Gasteiger partial charge in [-0.15, -0.1) is 0 Å². The van der Waals surface area contributed by atoms with E-state index in [0.717, 1.165) is 11.0 Å². The normalized spacial score (nSPS) is 22.3. The number of benzene rings is 1. The van der Waals surface area contributed by atoms with Gasteiger partial charge in [0.1, 0.15) is 19.6 Å². The molecule has 2 aromatic heterocycles. The molecule has 1 aliphatic rings. The lowest BCUT2D eigenvalue weighted by atomic mass is 9.84. The highest BCUT2D eigenvalue weighted by molar-refractivity contribution is 9.10. The van der Waals surface area contributed by atoms with E-state index in [0.29, 0.717) is 11.4 Å². The summed E-state index contributed by atoms with van der Waals surface area (Å²) in [7, 11) is 0. The van der Waals surface area contributed by atoms with Crippen LogP contribution in [0.1, 0.15) is 36.7 Å². The molecule has 0 saturated carbocycles. The minimum Gasteiger partial charge on any atom is -0.331 e. The molecular weight excluding hydrogens is 439 g/mol. The molecule has 1 fully saturated rings.